The third kappa shape index (κ3) is 2.66. The molecule has 1 heterocycles. The van der Waals surface area contributed by atoms with Crippen molar-refractivity contribution in [1.82, 2.24) is 9.88 Å². The molecule has 0 saturated heterocycles. The van der Waals surface area contributed by atoms with E-state index in [-0.39, 0.29) is 11.1 Å². The van der Waals surface area contributed by atoms with E-state index in [1.54, 1.807) is 17.9 Å². The van der Waals surface area contributed by atoms with Crippen LogP contribution in [0.1, 0.15) is 29.8 Å². The Bertz CT molecular complexity index is 380. The number of nitrogens with zero attached hydrogens (tertiary/aromatic N) is 2. The van der Waals surface area contributed by atoms with Crippen LogP contribution in [0.15, 0.2) is 6.07 Å². The molecule has 88 valence electrons. The van der Waals surface area contributed by atoms with Gasteiger partial charge in [0.1, 0.15) is 10.3 Å². The van der Waals surface area contributed by atoms with Crippen molar-refractivity contribution >= 4 is 29.1 Å². The van der Waals surface area contributed by atoms with Crippen LogP contribution in [0.3, 0.4) is 0 Å². The molecule has 1 amide bonds. The number of carbonyl (C=O) groups excluding carboxylic acids is 1. The first kappa shape index (κ1) is 13.3. The first-order valence-corrected chi connectivity index (χ1v) is 5.88. The monoisotopic (exact) mass is 260 g/mol. The SMILES string of the molecule is CCN(CC)C(=O)c1c(C)cc(Cl)nc1Cl. The molecule has 0 bridgehead atoms. The molecule has 0 aliphatic carbocycles. The number of pyridine rings is 1. The van der Waals surface area contributed by atoms with Crippen LogP contribution in [-0.4, -0.2) is 28.9 Å². The maximum absolute atomic E-state index is 12.1. The lowest BCUT2D eigenvalue weighted by molar-refractivity contribution is 0.0772. The number of aromatic nitrogens is 1. The Labute approximate surface area is 105 Å². The zero-order valence-corrected chi connectivity index (χ0v) is 11.1. The highest BCUT2D eigenvalue weighted by Crippen LogP contribution is 2.22. The van der Waals surface area contributed by atoms with Crippen molar-refractivity contribution in [2.75, 3.05) is 13.1 Å². The van der Waals surface area contributed by atoms with Crippen LogP contribution in [0.5, 0.6) is 0 Å². The predicted octanol–water partition coefficient (Wildman–Crippen LogP) is 3.18. The molecule has 0 spiro atoms. The van der Waals surface area contributed by atoms with Crippen molar-refractivity contribution in [2.24, 2.45) is 0 Å². The van der Waals surface area contributed by atoms with E-state index in [9.17, 15) is 4.79 Å². The molecule has 1 aromatic heterocycles. The smallest absolute Gasteiger partial charge is 0.257 e. The molecule has 0 unspecified atom stereocenters. The molecule has 0 radical (unpaired) electrons. The molecule has 0 fully saturated rings. The highest BCUT2D eigenvalue weighted by Gasteiger charge is 2.19. The van der Waals surface area contributed by atoms with E-state index in [0.717, 1.165) is 5.56 Å². The van der Waals surface area contributed by atoms with Gasteiger partial charge in [-0.05, 0) is 32.4 Å². The normalized spacial score (nSPS) is 10.3. The van der Waals surface area contributed by atoms with E-state index in [2.05, 4.69) is 4.98 Å². The summed E-state index contributed by atoms with van der Waals surface area (Å²) in [5.74, 6) is -0.100. The second-order valence-corrected chi connectivity index (χ2v) is 4.15. The van der Waals surface area contributed by atoms with Gasteiger partial charge in [-0.15, -0.1) is 0 Å². The number of halogens is 2. The minimum Gasteiger partial charge on any atom is -0.339 e. The van der Waals surface area contributed by atoms with Crippen LogP contribution in [0.2, 0.25) is 10.3 Å². The van der Waals surface area contributed by atoms with E-state index < -0.39 is 0 Å². The Hall–Kier alpha value is -0.800. The molecule has 16 heavy (non-hydrogen) atoms. The number of aryl methyl sites for hydroxylation is 1. The first-order chi connectivity index (χ1) is 7.51. The van der Waals surface area contributed by atoms with Crippen LogP contribution in [0.4, 0.5) is 0 Å². The second-order valence-electron chi connectivity index (χ2n) is 3.41. The van der Waals surface area contributed by atoms with Crippen LogP contribution in [-0.2, 0) is 0 Å². The minimum absolute atomic E-state index is 0.100. The van der Waals surface area contributed by atoms with Gasteiger partial charge >= 0.3 is 0 Å². The minimum atomic E-state index is -0.100. The maximum atomic E-state index is 12.1. The first-order valence-electron chi connectivity index (χ1n) is 5.13. The summed E-state index contributed by atoms with van der Waals surface area (Å²) in [5, 5.41) is 0.473. The fourth-order valence-electron chi connectivity index (χ4n) is 1.52. The van der Waals surface area contributed by atoms with E-state index >= 15 is 0 Å². The summed E-state index contributed by atoms with van der Waals surface area (Å²) < 4.78 is 0. The summed E-state index contributed by atoms with van der Waals surface area (Å²) in [6, 6.07) is 1.64. The second kappa shape index (κ2) is 5.51. The van der Waals surface area contributed by atoms with Gasteiger partial charge in [-0.25, -0.2) is 4.98 Å². The molecule has 0 atom stereocenters. The van der Waals surface area contributed by atoms with E-state index in [4.69, 9.17) is 23.2 Å². The van der Waals surface area contributed by atoms with Gasteiger partial charge in [0.05, 0.1) is 5.56 Å². The van der Waals surface area contributed by atoms with Crippen LogP contribution in [0.25, 0.3) is 0 Å². The van der Waals surface area contributed by atoms with Gasteiger partial charge in [0.15, 0.2) is 0 Å². The summed E-state index contributed by atoms with van der Waals surface area (Å²) >= 11 is 11.7. The van der Waals surface area contributed by atoms with Gasteiger partial charge in [-0.3, -0.25) is 4.79 Å². The third-order valence-electron chi connectivity index (χ3n) is 2.41. The number of amides is 1. The van der Waals surface area contributed by atoms with Gasteiger partial charge in [-0.2, -0.15) is 0 Å². The summed E-state index contributed by atoms with van der Waals surface area (Å²) in [6.45, 7) is 6.94. The fourth-order valence-corrected chi connectivity index (χ4v) is 2.13. The average Bonchev–Trinajstić information content (AvgIpc) is 2.17. The molecule has 0 aliphatic heterocycles. The van der Waals surface area contributed by atoms with Crippen molar-refractivity contribution in [3.63, 3.8) is 0 Å². The van der Waals surface area contributed by atoms with Crippen molar-refractivity contribution in [2.45, 2.75) is 20.8 Å². The summed E-state index contributed by atoms with van der Waals surface area (Å²) in [5.41, 5.74) is 1.19. The number of hydrogen-bond acceptors (Lipinski definition) is 2. The number of carbonyl (C=O) groups is 1. The standard InChI is InChI=1S/C11H14Cl2N2O/c1-4-15(5-2)11(16)9-7(3)6-8(12)14-10(9)13/h6H,4-5H2,1-3H3. The van der Waals surface area contributed by atoms with Crippen molar-refractivity contribution < 1.29 is 4.79 Å². The van der Waals surface area contributed by atoms with E-state index in [1.807, 2.05) is 13.8 Å². The molecule has 3 nitrogen and oxygen atoms in total. The fraction of sp³-hybridized carbons (Fsp3) is 0.455. The Morgan fingerprint density at radius 3 is 2.38 bits per heavy atom. The van der Waals surface area contributed by atoms with Crippen LogP contribution < -0.4 is 0 Å². The molecule has 0 aromatic carbocycles. The molecular weight excluding hydrogens is 247 g/mol. The lowest BCUT2D eigenvalue weighted by Gasteiger charge is -2.20. The lowest BCUT2D eigenvalue weighted by atomic mass is 10.1. The molecule has 1 rings (SSSR count). The van der Waals surface area contributed by atoms with Crippen molar-refractivity contribution in [3.05, 3.63) is 27.5 Å². The summed E-state index contributed by atoms with van der Waals surface area (Å²) in [6.07, 6.45) is 0. The topological polar surface area (TPSA) is 33.2 Å². The molecule has 0 N–H and O–H groups in total. The highest BCUT2D eigenvalue weighted by molar-refractivity contribution is 6.34. The highest BCUT2D eigenvalue weighted by atomic mass is 35.5. The van der Waals surface area contributed by atoms with Gasteiger partial charge in [0, 0.05) is 13.1 Å². The van der Waals surface area contributed by atoms with Gasteiger partial charge < -0.3 is 4.90 Å². The Morgan fingerprint density at radius 1 is 1.38 bits per heavy atom. The summed E-state index contributed by atoms with van der Waals surface area (Å²) in [7, 11) is 0. The Balaban J connectivity index is 3.18. The predicted molar refractivity (Wildman–Crippen MR) is 66.2 cm³/mol. The number of hydrogen-bond donors (Lipinski definition) is 0. The molecule has 1 aromatic rings. The third-order valence-corrected chi connectivity index (χ3v) is 2.87. The van der Waals surface area contributed by atoms with E-state index in [0.29, 0.717) is 23.8 Å². The Kier molecular flexibility index (Phi) is 4.56. The number of rotatable bonds is 3. The quantitative estimate of drug-likeness (QED) is 0.783. The molecule has 5 heteroatoms. The Morgan fingerprint density at radius 2 is 1.94 bits per heavy atom. The summed E-state index contributed by atoms with van der Waals surface area (Å²) in [4.78, 5) is 17.7. The zero-order valence-electron chi connectivity index (χ0n) is 9.55. The maximum Gasteiger partial charge on any atom is 0.257 e. The molecule has 0 aliphatic rings. The van der Waals surface area contributed by atoms with Gasteiger partial charge in [-0.1, -0.05) is 23.2 Å². The van der Waals surface area contributed by atoms with Crippen molar-refractivity contribution in [3.8, 4) is 0 Å². The zero-order chi connectivity index (χ0) is 12.3. The van der Waals surface area contributed by atoms with Crippen molar-refractivity contribution in [1.29, 1.82) is 0 Å². The van der Waals surface area contributed by atoms with E-state index in [1.165, 1.54) is 0 Å². The van der Waals surface area contributed by atoms with Gasteiger partial charge in [0.2, 0.25) is 0 Å². The van der Waals surface area contributed by atoms with Crippen LogP contribution in [0, 0.1) is 6.92 Å². The van der Waals surface area contributed by atoms with Crippen LogP contribution >= 0.6 is 23.2 Å². The van der Waals surface area contributed by atoms with Gasteiger partial charge in [0.25, 0.3) is 5.91 Å². The largest absolute Gasteiger partial charge is 0.339 e. The average molecular weight is 261 g/mol. The molecule has 0 saturated carbocycles. The lowest BCUT2D eigenvalue weighted by Crippen LogP contribution is -2.31. The molecular formula is C11H14Cl2N2O.